The first-order valence-corrected chi connectivity index (χ1v) is 6.67. The first-order valence-electron chi connectivity index (χ1n) is 5.79. The number of rotatable bonds is 5. The number of thiazole rings is 1. The number of hydrogen-bond donors (Lipinski definition) is 2. The molecule has 0 amide bonds. The Balaban J connectivity index is 2.43. The maximum Gasteiger partial charge on any atom is 0.127 e. The summed E-state index contributed by atoms with van der Waals surface area (Å²) >= 11 is 1.59. The van der Waals surface area contributed by atoms with E-state index in [0.717, 1.165) is 22.0 Å². The monoisotopic (exact) mass is 279 g/mol. The predicted octanol–water partition coefficient (Wildman–Crippen LogP) is 2.02. The molecular formula is C13H17N3O2S. The molecule has 1 unspecified atom stereocenters. The highest BCUT2D eigenvalue weighted by molar-refractivity contribution is 7.09. The topological polar surface area (TPSA) is 69.4 Å². The van der Waals surface area contributed by atoms with Crippen molar-refractivity contribution in [2.24, 2.45) is 5.84 Å². The lowest BCUT2D eigenvalue weighted by Crippen LogP contribution is -2.29. The van der Waals surface area contributed by atoms with Gasteiger partial charge in [-0.05, 0) is 19.1 Å². The van der Waals surface area contributed by atoms with Gasteiger partial charge >= 0.3 is 0 Å². The number of ether oxygens (including phenoxy) is 2. The van der Waals surface area contributed by atoms with Crippen LogP contribution in [0.5, 0.6) is 11.5 Å². The molecule has 2 aromatic rings. The molecule has 1 aromatic carbocycles. The van der Waals surface area contributed by atoms with E-state index in [2.05, 4.69) is 10.4 Å². The van der Waals surface area contributed by atoms with Gasteiger partial charge in [-0.15, -0.1) is 11.3 Å². The van der Waals surface area contributed by atoms with Crippen LogP contribution in [-0.2, 0) is 0 Å². The minimum Gasteiger partial charge on any atom is -0.497 e. The van der Waals surface area contributed by atoms with Gasteiger partial charge in [0.25, 0.3) is 0 Å². The molecule has 1 aromatic heterocycles. The second-order valence-corrected chi connectivity index (χ2v) is 5.06. The van der Waals surface area contributed by atoms with Crippen molar-refractivity contribution < 1.29 is 9.47 Å². The Morgan fingerprint density at radius 2 is 2.11 bits per heavy atom. The summed E-state index contributed by atoms with van der Waals surface area (Å²) < 4.78 is 10.6. The predicted molar refractivity (Wildman–Crippen MR) is 75.6 cm³/mol. The van der Waals surface area contributed by atoms with Crippen LogP contribution in [0.25, 0.3) is 0 Å². The number of nitrogens with one attached hydrogen (secondary N) is 1. The van der Waals surface area contributed by atoms with E-state index in [9.17, 15) is 0 Å². The summed E-state index contributed by atoms with van der Waals surface area (Å²) in [6.45, 7) is 1.97. The number of aryl methyl sites for hydroxylation is 1. The van der Waals surface area contributed by atoms with Crippen molar-refractivity contribution in [3.8, 4) is 11.5 Å². The molecule has 5 nitrogen and oxygen atoms in total. The normalized spacial score (nSPS) is 12.2. The van der Waals surface area contributed by atoms with E-state index in [4.69, 9.17) is 15.3 Å². The maximum atomic E-state index is 5.67. The summed E-state index contributed by atoms with van der Waals surface area (Å²) in [4.78, 5) is 4.47. The highest BCUT2D eigenvalue weighted by atomic mass is 32.1. The summed E-state index contributed by atoms with van der Waals surface area (Å²) in [6, 6.07) is 5.43. The van der Waals surface area contributed by atoms with Crippen molar-refractivity contribution in [2.45, 2.75) is 13.0 Å². The van der Waals surface area contributed by atoms with Gasteiger partial charge in [0.2, 0.25) is 0 Å². The molecule has 2 rings (SSSR count). The average molecular weight is 279 g/mol. The van der Waals surface area contributed by atoms with Gasteiger partial charge in [-0.25, -0.2) is 10.4 Å². The summed E-state index contributed by atoms with van der Waals surface area (Å²) in [5, 5.41) is 2.99. The Labute approximate surface area is 116 Å². The van der Waals surface area contributed by atoms with Gasteiger partial charge in [0.15, 0.2) is 0 Å². The summed E-state index contributed by atoms with van der Waals surface area (Å²) in [6.07, 6.45) is 0. The Hall–Kier alpha value is -1.63. The molecule has 102 valence electrons. The number of nitrogens with two attached hydrogens (primary N) is 1. The molecule has 6 heteroatoms. The average Bonchev–Trinajstić information content (AvgIpc) is 2.86. The molecule has 1 heterocycles. The summed E-state index contributed by atoms with van der Waals surface area (Å²) in [5.74, 6) is 7.13. The second-order valence-electron chi connectivity index (χ2n) is 4.00. The lowest BCUT2D eigenvalue weighted by molar-refractivity contribution is 0.387. The molecule has 0 aliphatic heterocycles. The van der Waals surface area contributed by atoms with Crippen molar-refractivity contribution in [3.05, 3.63) is 39.8 Å². The Morgan fingerprint density at radius 1 is 1.32 bits per heavy atom. The second kappa shape index (κ2) is 6.01. The zero-order chi connectivity index (χ0) is 13.8. The third kappa shape index (κ3) is 2.86. The molecule has 0 saturated heterocycles. The highest BCUT2D eigenvalue weighted by Crippen LogP contribution is 2.32. The van der Waals surface area contributed by atoms with E-state index < -0.39 is 0 Å². The lowest BCUT2D eigenvalue weighted by Gasteiger charge is -2.18. The lowest BCUT2D eigenvalue weighted by atomic mass is 10.0. The molecule has 1 atom stereocenters. The largest absolute Gasteiger partial charge is 0.497 e. The fourth-order valence-electron chi connectivity index (χ4n) is 1.90. The maximum absolute atomic E-state index is 5.67. The fourth-order valence-corrected chi connectivity index (χ4v) is 2.54. The van der Waals surface area contributed by atoms with E-state index in [-0.39, 0.29) is 6.04 Å². The quantitative estimate of drug-likeness (QED) is 0.647. The number of methoxy groups -OCH3 is 2. The molecular weight excluding hydrogens is 262 g/mol. The van der Waals surface area contributed by atoms with Crippen LogP contribution < -0.4 is 20.7 Å². The molecule has 3 N–H and O–H groups in total. The van der Waals surface area contributed by atoms with Crippen LogP contribution in [0.4, 0.5) is 0 Å². The van der Waals surface area contributed by atoms with Gasteiger partial charge in [-0.1, -0.05) is 0 Å². The van der Waals surface area contributed by atoms with Gasteiger partial charge in [0, 0.05) is 17.0 Å². The van der Waals surface area contributed by atoms with Gasteiger partial charge in [0.1, 0.15) is 11.5 Å². The zero-order valence-corrected chi connectivity index (χ0v) is 12.0. The van der Waals surface area contributed by atoms with Crippen LogP contribution in [-0.4, -0.2) is 19.2 Å². The fraction of sp³-hybridized carbons (Fsp3) is 0.308. The first kappa shape index (κ1) is 13.8. The standard InChI is InChI=1S/C13H17N3O2S/c1-8-15-11(7-19-8)13(16-14)10-5-4-9(17-2)6-12(10)18-3/h4-7,13,16H,14H2,1-3H3. The molecule has 0 radical (unpaired) electrons. The van der Waals surface area contributed by atoms with Crippen LogP contribution in [0.2, 0.25) is 0 Å². The highest BCUT2D eigenvalue weighted by Gasteiger charge is 2.19. The summed E-state index contributed by atoms with van der Waals surface area (Å²) in [7, 11) is 3.25. The van der Waals surface area contributed by atoms with E-state index in [1.54, 1.807) is 25.6 Å². The van der Waals surface area contributed by atoms with Crippen molar-refractivity contribution in [1.29, 1.82) is 0 Å². The Kier molecular flexibility index (Phi) is 4.36. The zero-order valence-electron chi connectivity index (χ0n) is 11.1. The number of nitrogens with zero attached hydrogens (tertiary/aromatic N) is 1. The van der Waals surface area contributed by atoms with Crippen molar-refractivity contribution in [2.75, 3.05) is 14.2 Å². The van der Waals surface area contributed by atoms with Crippen LogP contribution in [0.3, 0.4) is 0 Å². The van der Waals surface area contributed by atoms with Gasteiger partial charge in [-0.2, -0.15) is 0 Å². The Morgan fingerprint density at radius 3 is 2.63 bits per heavy atom. The number of hydrazine groups is 1. The third-order valence-corrected chi connectivity index (χ3v) is 3.64. The van der Waals surface area contributed by atoms with Crippen LogP contribution >= 0.6 is 11.3 Å². The molecule has 0 spiro atoms. The molecule has 19 heavy (non-hydrogen) atoms. The number of benzene rings is 1. The summed E-state index contributed by atoms with van der Waals surface area (Å²) in [5.41, 5.74) is 4.59. The minimum atomic E-state index is -0.203. The first-order chi connectivity index (χ1) is 9.19. The molecule has 0 aliphatic carbocycles. The number of hydrogen-bond acceptors (Lipinski definition) is 6. The number of aromatic nitrogens is 1. The van der Waals surface area contributed by atoms with Crippen LogP contribution in [0.1, 0.15) is 22.3 Å². The van der Waals surface area contributed by atoms with E-state index in [0.29, 0.717) is 5.75 Å². The molecule has 0 aliphatic rings. The molecule has 0 bridgehead atoms. The van der Waals surface area contributed by atoms with Gasteiger partial charge in [-0.3, -0.25) is 5.84 Å². The minimum absolute atomic E-state index is 0.203. The third-order valence-electron chi connectivity index (χ3n) is 2.85. The van der Waals surface area contributed by atoms with Crippen molar-refractivity contribution >= 4 is 11.3 Å². The van der Waals surface area contributed by atoms with E-state index >= 15 is 0 Å². The Bertz CT molecular complexity index is 557. The van der Waals surface area contributed by atoms with Crippen molar-refractivity contribution in [3.63, 3.8) is 0 Å². The van der Waals surface area contributed by atoms with E-state index in [1.165, 1.54) is 0 Å². The van der Waals surface area contributed by atoms with Crippen LogP contribution in [0, 0.1) is 6.92 Å². The SMILES string of the molecule is COc1ccc(C(NN)c2csc(C)n2)c(OC)c1. The van der Waals surface area contributed by atoms with E-state index in [1.807, 2.05) is 30.5 Å². The smallest absolute Gasteiger partial charge is 0.127 e. The van der Waals surface area contributed by atoms with Crippen molar-refractivity contribution in [1.82, 2.24) is 10.4 Å². The molecule has 0 fully saturated rings. The van der Waals surface area contributed by atoms with Gasteiger partial charge in [0.05, 0.1) is 31.0 Å². The van der Waals surface area contributed by atoms with Crippen LogP contribution in [0.15, 0.2) is 23.6 Å². The van der Waals surface area contributed by atoms with Gasteiger partial charge < -0.3 is 9.47 Å². The molecule has 0 saturated carbocycles.